The molecule has 0 saturated carbocycles. The number of carbonyl (C=O) groups is 1. The zero-order chi connectivity index (χ0) is 13.1. The molecule has 0 aliphatic rings. The molecular weight excluding hydrogens is 228 g/mol. The van der Waals surface area contributed by atoms with Crippen LogP contribution < -0.4 is 0 Å². The fourth-order valence-electron chi connectivity index (χ4n) is 1.73. The minimum atomic E-state index is -0.969. The molecule has 0 aliphatic heterocycles. The zero-order valence-corrected chi connectivity index (χ0v) is 10.3. The summed E-state index contributed by atoms with van der Waals surface area (Å²) in [6, 6.07) is 11.4. The molecule has 0 bridgehead atoms. The third-order valence-electron chi connectivity index (χ3n) is 2.69. The van der Waals surface area contributed by atoms with E-state index in [4.69, 9.17) is 5.11 Å². The lowest BCUT2D eigenvalue weighted by atomic mass is 10.1. The molecule has 0 atom stereocenters. The predicted molar refractivity (Wildman–Crippen MR) is 70.2 cm³/mol. The molecule has 0 amide bonds. The van der Waals surface area contributed by atoms with Gasteiger partial charge in [-0.3, -0.25) is 4.68 Å². The van der Waals surface area contributed by atoms with Gasteiger partial charge in [-0.15, -0.1) is 0 Å². The number of carboxylic acids is 1. The molecule has 4 heteroatoms. The fraction of sp³-hybridized carbons (Fsp3) is 0.143. The lowest BCUT2D eigenvalue weighted by Crippen LogP contribution is -2.04. The van der Waals surface area contributed by atoms with Crippen LogP contribution in [-0.4, -0.2) is 20.9 Å². The average molecular weight is 242 g/mol. The van der Waals surface area contributed by atoms with Gasteiger partial charge >= 0.3 is 5.97 Å². The van der Waals surface area contributed by atoms with E-state index in [-0.39, 0.29) is 5.69 Å². The molecule has 0 unspecified atom stereocenters. The van der Waals surface area contributed by atoms with Crippen LogP contribution in [0, 0.1) is 0 Å². The van der Waals surface area contributed by atoms with Gasteiger partial charge in [0.25, 0.3) is 0 Å². The van der Waals surface area contributed by atoms with Gasteiger partial charge in [0.1, 0.15) is 5.69 Å². The Morgan fingerprint density at radius 1 is 1.33 bits per heavy atom. The third-order valence-corrected chi connectivity index (χ3v) is 2.69. The minimum absolute atomic E-state index is 0.186. The molecule has 0 spiro atoms. The number of rotatable bonds is 3. The van der Waals surface area contributed by atoms with E-state index >= 15 is 0 Å². The van der Waals surface area contributed by atoms with Crippen molar-refractivity contribution in [1.82, 2.24) is 9.78 Å². The molecule has 4 nitrogen and oxygen atoms in total. The van der Waals surface area contributed by atoms with Crippen LogP contribution in [0.3, 0.4) is 0 Å². The Labute approximate surface area is 105 Å². The van der Waals surface area contributed by atoms with Gasteiger partial charge in [-0.1, -0.05) is 30.3 Å². The summed E-state index contributed by atoms with van der Waals surface area (Å²) < 4.78 is 1.38. The number of nitrogens with zero attached hydrogens (tertiary/aromatic N) is 2. The highest BCUT2D eigenvalue weighted by atomic mass is 16.4. The molecule has 2 rings (SSSR count). The second-order valence-corrected chi connectivity index (χ2v) is 4.08. The van der Waals surface area contributed by atoms with E-state index < -0.39 is 5.97 Å². The first-order valence-corrected chi connectivity index (χ1v) is 5.59. The summed E-state index contributed by atoms with van der Waals surface area (Å²) in [7, 11) is 1.63. The highest BCUT2D eigenvalue weighted by molar-refractivity contribution is 5.88. The van der Waals surface area contributed by atoms with E-state index in [0.29, 0.717) is 5.69 Å². The van der Waals surface area contributed by atoms with Crippen molar-refractivity contribution in [2.24, 2.45) is 7.05 Å². The first kappa shape index (κ1) is 12.1. The van der Waals surface area contributed by atoms with Crippen molar-refractivity contribution in [1.29, 1.82) is 0 Å². The average Bonchev–Trinajstić information content (AvgIpc) is 2.73. The van der Waals surface area contributed by atoms with E-state index in [0.717, 1.165) is 11.1 Å². The van der Waals surface area contributed by atoms with E-state index in [1.165, 1.54) is 4.68 Å². The number of benzene rings is 1. The number of aromatic nitrogens is 2. The normalized spacial score (nSPS) is 11.6. The molecule has 0 saturated heterocycles. The Kier molecular flexibility index (Phi) is 3.28. The monoisotopic (exact) mass is 242 g/mol. The Morgan fingerprint density at radius 3 is 2.56 bits per heavy atom. The molecule has 0 aliphatic carbocycles. The maximum Gasteiger partial charge on any atom is 0.354 e. The number of allylic oxidation sites excluding steroid dienone is 1. The molecule has 0 radical (unpaired) electrons. The van der Waals surface area contributed by atoms with Gasteiger partial charge in [0.2, 0.25) is 0 Å². The second kappa shape index (κ2) is 4.87. The number of carboxylic acid groups (broad SMARTS) is 1. The van der Waals surface area contributed by atoms with Crippen LogP contribution >= 0.6 is 0 Å². The van der Waals surface area contributed by atoms with Crippen LogP contribution in [0.5, 0.6) is 0 Å². The molecular formula is C14H14N2O2. The van der Waals surface area contributed by atoms with Crippen molar-refractivity contribution < 1.29 is 9.90 Å². The van der Waals surface area contributed by atoms with Crippen molar-refractivity contribution in [3.63, 3.8) is 0 Å². The van der Waals surface area contributed by atoms with Crippen LogP contribution in [0.15, 0.2) is 36.4 Å². The summed E-state index contributed by atoms with van der Waals surface area (Å²) >= 11 is 0. The van der Waals surface area contributed by atoms with Crippen LogP contribution in [0.4, 0.5) is 0 Å². The van der Waals surface area contributed by atoms with E-state index in [1.807, 2.05) is 43.3 Å². The van der Waals surface area contributed by atoms with Crippen LogP contribution in [0.1, 0.15) is 28.7 Å². The molecule has 1 aromatic carbocycles. The highest BCUT2D eigenvalue weighted by Crippen LogP contribution is 2.17. The molecule has 92 valence electrons. The Morgan fingerprint density at radius 2 is 2.00 bits per heavy atom. The van der Waals surface area contributed by atoms with Gasteiger partial charge in [-0.05, 0) is 30.2 Å². The fourth-order valence-corrected chi connectivity index (χ4v) is 1.73. The third kappa shape index (κ3) is 2.48. The van der Waals surface area contributed by atoms with Gasteiger partial charge in [-0.2, -0.15) is 5.10 Å². The standard InChI is InChI=1S/C14H14N2O2/c1-10(8-11-6-4-3-5-7-11)12-9-13(14(17)18)16(2)15-12/h3-9H,1-2H3,(H,17,18)/b10-8-. The van der Waals surface area contributed by atoms with Crippen LogP contribution in [0.25, 0.3) is 11.6 Å². The van der Waals surface area contributed by atoms with Gasteiger partial charge in [0.15, 0.2) is 0 Å². The molecule has 2 aromatic rings. The topological polar surface area (TPSA) is 55.1 Å². The summed E-state index contributed by atoms with van der Waals surface area (Å²) in [5, 5.41) is 13.2. The smallest absolute Gasteiger partial charge is 0.354 e. The highest BCUT2D eigenvalue weighted by Gasteiger charge is 2.12. The van der Waals surface area contributed by atoms with E-state index in [1.54, 1.807) is 13.1 Å². The Bertz CT molecular complexity index is 598. The van der Waals surface area contributed by atoms with Crippen molar-refractivity contribution in [3.8, 4) is 0 Å². The predicted octanol–water partition coefficient (Wildman–Crippen LogP) is 2.68. The van der Waals surface area contributed by atoms with Crippen LogP contribution in [0.2, 0.25) is 0 Å². The molecule has 1 aromatic heterocycles. The maximum absolute atomic E-state index is 10.9. The second-order valence-electron chi connectivity index (χ2n) is 4.08. The van der Waals surface area contributed by atoms with Gasteiger partial charge in [-0.25, -0.2) is 4.79 Å². The van der Waals surface area contributed by atoms with Gasteiger partial charge in [0, 0.05) is 7.05 Å². The first-order chi connectivity index (χ1) is 8.58. The number of aromatic carboxylic acids is 1. The number of aryl methyl sites for hydroxylation is 1. The summed E-state index contributed by atoms with van der Waals surface area (Å²) in [6.45, 7) is 1.92. The number of hydrogen-bond donors (Lipinski definition) is 1. The quantitative estimate of drug-likeness (QED) is 0.900. The molecule has 18 heavy (non-hydrogen) atoms. The summed E-state index contributed by atoms with van der Waals surface area (Å²) in [5.74, 6) is -0.969. The van der Waals surface area contributed by atoms with E-state index in [2.05, 4.69) is 5.10 Å². The van der Waals surface area contributed by atoms with E-state index in [9.17, 15) is 4.79 Å². The largest absolute Gasteiger partial charge is 0.477 e. The first-order valence-electron chi connectivity index (χ1n) is 5.59. The van der Waals surface area contributed by atoms with Crippen molar-refractivity contribution >= 4 is 17.6 Å². The van der Waals surface area contributed by atoms with Gasteiger partial charge < -0.3 is 5.11 Å². The zero-order valence-electron chi connectivity index (χ0n) is 10.3. The van der Waals surface area contributed by atoms with Crippen molar-refractivity contribution in [2.45, 2.75) is 6.92 Å². The molecule has 1 N–H and O–H groups in total. The number of hydrogen-bond acceptors (Lipinski definition) is 2. The maximum atomic E-state index is 10.9. The molecule has 1 heterocycles. The molecule has 0 fully saturated rings. The minimum Gasteiger partial charge on any atom is -0.477 e. The Balaban J connectivity index is 2.35. The lowest BCUT2D eigenvalue weighted by Gasteiger charge is -1.96. The SMILES string of the molecule is C/C(=C/c1ccccc1)c1cc(C(=O)O)n(C)n1. The lowest BCUT2D eigenvalue weighted by molar-refractivity contribution is 0.0685. The van der Waals surface area contributed by atoms with Crippen molar-refractivity contribution in [3.05, 3.63) is 53.3 Å². The van der Waals surface area contributed by atoms with Crippen LogP contribution in [-0.2, 0) is 7.05 Å². The van der Waals surface area contributed by atoms with Crippen molar-refractivity contribution in [2.75, 3.05) is 0 Å². The summed E-state index contributed by atoms with van der Waals surface area (Å²) in [4.78, 5) is 10.9. The summed E-state index contributed by atoms with van der Waals surface area (Å²) in [5.41, 5.74) is 2.87. The summed E-state index contributed by atoms with van der Waals surface area (Å²) in [6.07, 6.45) is 1.98. The van der Waals surface area contributed by atoms with Gasteiger partial charge in [0.05, 0.1) is 5.69 Å². The Hall–Kier alpha value is -2.36.